The Kier molecular flexibility index (Phi) is 4.25. The van der Waals surface area contributed by atoms with Gasteiger partial charge in [0, 0.05) is 23.0 Å². The number of hydrogen-bond acceptors (Lipinski definition) is 3. The maximum Gasteiger partial charge on any atom is 0.276 e. The van der Waals surface area contributed by atoms with Crippen LogP contribution < -0.4 is 5.32 Å². The summed E-state index contributed by atoms with van der Waals surface area (Å²) in [5.74, 6) is -0.207. The Morgan fingerprint density at radius 1 is 1.05 bits per heavy atom. The quantitative estimate of drug-likeness (QED) is 0.797. The number of benzene rings is 2. The van der Waals surface area contributed by atoms with Crippen LogP contribution in [0.1, 0.15) is 10.5 Å². The van der Waals surface area contributed by atoms with Gasteiger partial charge in [0.05, 0.1) is 5.69 Å². The van der Waals surface area contributed by atoms with E-state index in [1.807, 2.05) is 54.6 Å². The Morgan fingerprint density at radius 3 is 2.50 bits per heavy atom. The molecule has 1 N–H and O–H groups in total. The Bertz CT molecular complexity index is 783. The summed E-state index contributed by atoms with van der Waals surface area (Å²) in [5.41, 5.74) is 1.19. The SMILES string of the molecule is Cn1ccc(C(=O)Nc2ccccc2Sc2ccccc2)n1. The summed E-state index contributed by atoms with van der Waals surface area (Å²) < 4.78 is 1.61. The lowest BCUT2D eigenvalue weighted by molar-refractivity contribution is 0.102. The second-order valence-electron chi connectivity index (χ2n) is 4.74. The average Bonchev–Trinajstić information content (AvgIpc) is 2.97. The number of hydrogen-bond donors (Lipinski definition) is 1. The Labute approximate surface area is 133 Å². The number of para-hydroxylation sites is 1. The van der Waals surface area contributed by atoms with Crippen molar-refractivity contribution in [3.8, 4) is 0 Å². The van der Waals surface area contributed by atoms with E-state index in [2.05, 4.69) is 10.4 Å². The van der Waals surface area contributed by atoms with Crippen LogP contribution in [0.3, 0.4) is 0 Å². The molecule has 0 atom stereocenters. The smallest absolute Gasteiger partial charge is 0.276 e. The maximum atomic E-state index is 12.2. The van der Waals surface area contributed by atoms with Crippen molar-refractivity contribution in [3.05, 3.63) is 72.6 Å². The Hall–Kier alpha value is -2.53. The molecule has 5 heteroatoms. The molecule has 0 bridgehead atoms. The van der Waals surface area contributed by atoms with Crippen molar-refractivity contribution in [1.82, 2.24) is 9.78 Å². The molecule has 0 aliphatic carbocycles. The van der Waals surface area contributed by atoms with Crippen LogP contribution in [-0.2, 0) is 7.05 Å². The minimum absolute atomic E-state index is 0.207. The molecule has 0 radical (unpaired) electrons. The number of carbonyl (C=O) groups excluding carboxylic acids is 1. The highest BCUT2D eigenvalue weighted by Crippen LogP contribution is 2.33. The van der Waals surface area contributed by atoms with Crippen LogP contribution in [0.15, 0.2) is 76.7 Å². The summed E-state index contributed by atoms with van der Waals surface area (Å²) in [7, 11) is 1.79. The first kappa shape index (κ1) is 14.4. The van der Waals surface area contributed by atoms with Crippen LogP contribution in [0, 0.1) is 0 Å². The molecule has 0 spiro atoms. The minimum atomic E-state index is -0.207. The third-order valence-corrected chi connectivity index (χ3v) is 4.14. The third-order valence-electron chi connectivity index (χ3n) is 3.05. The summed E-state index contributed by atoms with van der Waals surface area (Å²) in [5, 5.41) is 7.04. The monoisotopic (exact) mass is 309 g/mol. The van der Waals surface area contributed by atoms with Gasteiger partial charge in [0.2, 0.25) is 0 Å². The molecule has 1 amide bonds. The molecule has 0 aliphatic rings. The van der Waals surface area contributed by atoms with E-state index in [0.717, 1.165) is 15.5 Å². The van der Waals surface area contributed by atoms with Crippen molar-refractivity contribution in [1.29, 1.82) is 0 Å². The number of carbonyl (C=O) groups is 1. The molecular formula is C17H15N3OS. The van der Waals surface area contributed by atoms with Gasteiger partial charge in [0.25, 0.3) is 5.91 Å². The average molecular weight is 309 g/mol. The summed E-state index contributed by atoms with van der Waals surface area (Å²) in [6, 6.07) is 19.5. The Morgan fingerprint density at radius 2 is 1.77 bits per heavy atom. The van der Waals surface area contributed by atoms with Crippen LogP contribution in [0.4, 0.5) is 5.69 Å². The zero-order chi connectivity index (χ0) is 15.4. The topological polar surface area (TPSA) is 46.9 Å². The van der Waals surface area contributed by atoms with Gasteiger partial charge in [0.1, 0.15) is 0 Å². The van der Waals surface area contributed by atoms with Crippen LogP contribution in [-0.4, -0.2) is 15.7 Å². The molecule has 0 saturated carbocycles. The van der Waals surface area contributed by atoms with Crippen LogP contribution >= 0.6 is 11.8 Å². The fraction of sp³-hybridized carbons (Fsp3) is 0.0588. The van der Waals surface area contributed by atoms with E-state index in [1.54, 1.807) is 35.8 Å². The molecule has 22 heavy (non-hydrogen) atoms. The van der Waals surface area contributed by atoms with E-state index in [9.17, 15) is 4.79 Å². The van der Waals surface area contributed by atoms with Gasteiger partial charge in [-0.05, 0) is 30.3 Å². The summed E-state index contributed by atoms with van der Waals surface area (Å²) >= 11 is 1.62. The van der Waals surface area contributed by atoms with E-state index >= 15 is 0 Å². The summed E-state index contributed by atoms with van der Waals surface area (Å²) in [6.45, 7) is 0. The van der Waals surface area contributed by atoms with Gasteiger partial charge in [-0.3, -0.25) is 9.48 Å². The lowest BCUT2D eigenvalue weighted by Gasteiger charge is -2.09. The minimum Gasteiger partial charge on any atom is -0.320 e. The van der Waals surface area contributed by atoms with Crippen molar-refractivity contribution >= 4 is 23.4 Å². The molecule has 1 aromatic heterocycles. The lowest BCUT2D eigenvalue weighted by Crippen LogP contribution is -2.13. The van der Waals surface area contributed by atoms with Gasteiger partial charge < -0.3 is 5.32 Å². The second-order valence-corrected chi connectivity index (χ2v) is 5.86. The fourth-order valence-corrected chi connectivity index (χ4v) is 2.92. The number of aryl methyl sites for hydroxylation is 1. The summed E-state index contributed by atoms with van der Waals surface area (Å²) in [6.07, 6.45) is 1.75. The van der Waals surface area contributed by atoms with E-state index < -0.39 is 0 Å². The van der Waals surface area contributed by atoms with Gasteiger partial charge in [-0.25, -0.2) is 0 Å². The van der Waals surface area contributed by atoms with Crippen LogP contribution in [0.5, 0.6) is 0 Å². The molecule has 2 aromatic carbocycles. The zero-order valence-electron chi connectivity index (χ0n) is 12.1. The van der Waals surface area contributed by atoms with Crippen molar-refractivity contribution in [2.75, 3.05) is 5.32 Å². The Balaban J connectivity index is 1.81. The molecule has 0 saturated heterocycles. The molecule has 0 unspecified atom stereocenters. The standard InChI is InChI=1S/C17H15N3OS/c1-20-12-11-15(19-20)17(21)18-14-9-5-6-10-16(14)22-13-7-3-2-4-8-13/h2-12H,1H3,(H,18,21). The van der Waals surface area contributed by atoms with E-state index in [4.69, 9.17) is 0 Å². The van der Waals surface area contributed by atoms with Crippen LogP contribution in [0.25, 0.3) is 0 Å². The normalized spacial score (nSPS) is 10.4. The number of rotatable bonds is 4. The fourth-order valence-electron chi connectivity index (χ4n) is 2.00. The van der Waals surface area contributed by atoms with E-state index in [1.165, 1.54) is 0 Å². The summed E-state index contributed by atoms with van der Waals surface area (Å²) in [4.78, 5) is 14.4. The highest BCUT2D eigenvalue weighted by Gasteiger charge is 2.11. The predicted octanol–water partition coefficient (Wildman–Crippen LogP) is 3.82. The zero-order valence-corrected chi connectivity index (χ0v) is 12.9. The van der Waals surface area contributed by atoms with Gasteiger partial charge in [-0.1, -0.05) is 42.1 Å². The number of aromatic nitrogens is 2. The lowest BCUT2D eigenvalue weighted by atomic mass is 10.3. The second kappa shape index (κ2) is 6.49. The molecule has 3 aromatic rings. The van der Waals surface area contributed by atoms with Gasteiger partial charge in [0.15, 0.2) is 5.69 Å². The van der Waals surface area contributed by atoms with Gasteiger partial charge in [-0.2, -0.15) is 5.10 Å². The number of nitrogens with one attached hydrogen (secondary N) is 1. The van der Waals surface area contributed by atoms with Crippen molar-refractivity contribution < 1.29 is 4.79 Å². The van der Waals surface area contributed by atoms with Gasteiger partial charge >= 0.3 is 0 Å². The maximum absolute atomic E-state index is 12.2. The number of anilines is 1. The third kappa shape index (κ3) is 3.38. The molecule has 1 heterocycles. The van der Waals surface area contributed by atoms with E-state index in [0.29, 0.717) is 5.69 Å². The highest BCUT2D eigenvalue weighted by molar-refractivity contribution is 7.99. The number of nitrogens with zero attached hydrogens (tertiary/aromatic N) is 2. The van der Waals surface area contributed by atoms with Crippen molar-refractivity contribution in [2.45, 2.75) is 9.79 Å². The first-order chi connectivity index (χ1) is 10.7. The molecule has 0 aliphatic heterocycles. The number of amides is 1. The predicted molar refractivity (Wildman–Crippen MR) is 88.2 cm³/mol. The van der Waals surface area contributed by atoms with Gasteiger partial charge in [-0.15, -0.1) is 0 Å². The van der Waals surface area contributed by atoms with Crippen LogP contribution in [0.2, 0.25) is 0 Å². The largest absolute Gasteiger partial charge is 0.320 e. The first-order valence-electron chi connectivity index (χ1n) is 6.85. The molecule has 3 rings (SSSR count). The molecule has 0 fully saturated rings. The van der Waals surface area contributed by atoms with Crippen molar-refractivity contribution in [3.63, 3.8) is 0 Å². The molecule has 4 nitrogen and oxygen atoms in total. The highest BCUT2D eigenvalue weighted by atomic mass is 32.2. The molecular weight excluding hydrogens is 294 g/mol. The van der Waals surface area contributed by atoms with E-state index in [-0.39, 0.29) is 5.91 Å². The molecule has 110 valence electrons. The first-order valence-corrected chi connectivity index (χ1v) is 7.67. The van der Waals surface area contributed by atoms with Crippen molar-refractivity contribution in [2.24, 2.45) is 7.05 Å².